The second kappa shape index (κ2) is 9.28. The molecule has 0 bridgehead atoms. The summed E-state index contributed by atoms with van der Waals surface area (Å²) in [6.07, 6.45) is 0.788. The monoisotopic (exact) mass is 359 g/mol. The van der Waals surface area contributed by atoms with Crippen LogP contribution in [-0.4, -0.2) is 75.5 Å². The van der Waals surface area contributed by atoms with Crippen LogP contribution in [0.2, 0.25) is 0 Å². The Morgan fingerprint density at radius 2 is 1.64 bits per heavy atom. The van der Waals surface area contributed by atoms with E-state index in [9.17, 15) is 9.90 Å². The van der Waals surface area contributed by atoms with E-state index in [2.05, 4.69) is 12.2 Å². The topological polar surface area (TPSA) is 86.3 Å². The van der Waals surface area contributed by atoms with Gasteiger partial charge < -0.3 is 29.4 Å². The van der Waals surface area contributed by atoms with E-state index < -0.39 is 6.10 Å². The molecule has 0 aromatic rings. The van der Waals surface area contributed by atoms with E-state index in [1.165, 1.54) is 0 Å². The van der Waals surface area contributed by atoms with E-state index >= 15 is 0 Å². The SMILES string of the molecule is COC1CC(C(=O)OCC2CC(C)NC(C)C2O)CC(OC)C1OC. The number of carbonyl (C=O) groups excluding carboxylic acids is 1. The Kier molecular flexibility index (Phi) is 7.64. The first-order valence-corrected chi connectivity index (χ1v) is 9.10. The van der Waals surface area contributed by atoms with Crippen molar-refractivity contribution in [3.8, 4) is 0 Å². The zero-order chi connectivity index (χ0) is 18.6. The quantitative estimate of drug-likeness (QED) is 0.676. The number of carbonyl (C=O) groups is 1. The first-order chi connectivity index (χ1) is 11.9. The Labute approximate surface area is 150 Å². The summed E-state index contributed by atoms with van der Waals surface area (Å²) in [4.78, 5) is 12.6. The van der Waals surface area contributed by atoms with Crippen LogP contribution in [0.3, 0.4) is 0 Å². The molecular formula is C18H33NO6. The van der Waals surface area contributed by atoms with Crippen molar-refractivity contribution < 1.29 is 28.8 Å². The fourth-order valence-corrected chi connectivity index (χ4v) is 4.21. The van der Waals surface area contributed by atoms with Gasteiger partial charge in [0.15, 0.2) is 0 Å². The van der Waals surface area contributed by atoms with Gasteiger partial charge in [0.1, 0.15) is 6.10 Å². The third-order valence-electron chi connectivity index (χ3n) is 5.62. The Hall–Kier alpha value is -0.730. The van der Waals surface area contributed by atoms with Gasteiger partial charge in [-0.1, -0.05) is 0 Å². The van der Waals surface area contributed by atoms with Gasteiger partial charge in [-0.25, -0.2) is 0 Å². The molecule has 6 atom stereocenters. The number of piperidine rings is 1. The van der Waals surface area contributed by atoms with Gasteiger partial charge in [0.2, 0.25) is 0 Å². The smallest absolute Gasteiger partial charge is 0.309 e. The summed E-state index contributed by atoms with van der Waals surface area (Å²) >= 11 is 0. The molecule has 1 aliphatic heterocycles. The Bertz CT molecular complexity index is 420. The number of rotatable bonds is 6. The fourth-order valence-electron chi connectivity index (χ4n) is 4.21. The van der Waals surface area contributed by atoms with E-state index in [1.807, 2.05) is 6.92 Å². The lowest BCUT2D eigenvalue weighted by atomic mass is 9.82. The highest BCUT2D eigenvalue weighted by molar-refractivity contribution is 5.72. The van der Waals surface area contributed by atoms with Gasteiger partial charge in [-0.3, -0.25) is 4.79 Å². The number of methoxy groups -OCH3 is 3. The van der Waals surface area contributed by atoms with Crippen LogP contribution in [0.25, 0.3) is 0 Å². The van der Waals surface area contributed by atoms with Gasteiger partial charge in [-0.2, -0.15) is 0 Å². The molecule has 2 aliphatic rings. The number of ether oxygens (including phenoxy) is 4. The molecule has 25 heavy (non-hydrogen) atoms. The molecule has 0 radical (unpaired) electrons. The van der Waals surface area contributed by atoms with Crippen molar-refractivity contribution in [3.05, 3.63) is 0 Å². The molecule has 7 heteroatoms. The summed E-state index contributed by atoms with van der Waals surface area (Å²) < 4.78 is 22.0. The van der Waals surface area contributed by atoms with Gasteiger partial charge in [0.25, 0.3) is 0 Å². The highest BCUT2D eigenvalue weighted by atomic mass is 16.6. The van der Waals surface area contributed by atoms with Crippen molar-refractivity contribution in [2.24, 2.45) is 11.8 Å². The minimum Gasteiger partial charge on any atom is -0.465 e. The molecule has 2 N–H and O–H groups in total. The van der Waals surface area contributed by atoms with Crippen molar-refractivity contribution in [1.82, 2.24) is 5.32 Å². The molecule has 2 rings (SSSR count). The first kappa shape index (κ1) is 20.6. The average Bonchev–Trinajstić information content (AvgIpc) is 2.61. The lowest BCUT2D eigenvalue weighted by Gasteiger charge is -2.39. The Morgan fingerprint density at radius 1 is 1.04 bits per heavy atom. The van der Waals surface area contributed by atoms with E-state index in [0.29, 0.717) is 18.9 Å². The summed E-state index contributed by atoms with van der Waals surface area (Å²) in [5, 5.41) is 13.6. The lowest BCUT2D eigenvalue weighted by molar-refractivity contribution is -0.170. The van der Waals surface area contributed by atoms with Crippen LogP contribution in [0.1, 0.15) is 33.1 Å². The van der Waals surface area contributed by atoms with Crippen molar-refractivity contribution in [3.63, 3.8) is 0 Å². The number of hydrogen-bond donors (Lipinski definition) is 2. The van der Waals surface area contributed by atoms with Crippen LogP contribution in [0, 0.1) is 11.8 Å². The molecule has 6 unspecified atom stereocenters. The van der Waals surface area contributed by atoms with Crippen LogP contribution in [0.5, 0.6) is 0 Å². The van der Waals surface area contributed by atoms with Gasteiger partial charge in [-0.15, -0.1) is 0 Å². The molecule has 1 saturated carbocycles. The van der Waals surface area contributed by atoms with Crippen molar-refractivity contribution in [1.29, 1.82) is 0 Å². The molecule has 2 fully saturated rings. The predicted octanol–water partition coefficient (Wildman–Crippen LogP) is 0.732. The molecular weight excluding hydrogens is 326 g/mol. The summed E-state index contributed by atoms with van der Waals surface area (Å²) in [6.45, 7) is 4.28. The average molecular weight is 359 g/mol. The highest BCUT2D eigenvalue weighted by Gasteiger charge is 2.42. The molecule has 1 saturated heterocycles. The van der Waals surface area contributed by atoms with Crippen molar-refractivity contribution in [2.45, 2.75) is 69.6 Å². The fraction of sp³-hybridized carbons (Fsp3) is 0.944. The minimum atomic E-state index is -0.508. The highest BCUT2D eigenvalue weighted by Crippen LogP contribution is 2.31. The first-order valence-electron chi connectivity index (χ1n) is 9.10. The number of esters is 1. The zero-order valence-corrected chi connectivity index (χ0v) is 15.9. The van der Waals surface area contributed by atoms with E-state index in [4.69, 9.17) is 18.9 Å². The molecule has 0 aromatic carbocycles. The zero-order valence-electron chi connectivity index (χ0n) is 15.9. The van der Waals surface area contributed by atoms with Crippen LogP contribution < -0.4 is 5.32 Å². The van der Waals surface area contributed by atoms with Gasteiger partial charge in [0.05, 0.1) is 30.8 Å². The Balaban J connectivity index is 1.91. The minimum absolute atomic E-state index is 0.000312. The molecule has 7 nitrogen and oxygen atoms in total. The van der Waals surface area contributed by atoms with Crippen LogP contribution in [0.4, 0.5) is 0 Å². The van der Waals surface area contributed by atoms with Crippen LogP contribution >= 0.6 is 0 Å². The van der Waals surface area contributed by atoms with Gasteiger partial charge in [0, 0.05) is 39.3 Å². The Morgan fingerprint density at radius 3 is 2.16 bits per heavy atom. The van der Waals surface area contributed by atoms with E-state index in [1.54, 1.807) is 21.3 Å². The summed E-state index contributed by atoms with van der Waals surface area (Å²) in [5.41, 5.74) is 0. The van der Waals surface area contributed by atoms with E-state index in [-0.39, 0.29) is 48.8 Å². The molecule has 0 aromatic heterocycles. The lowest BCUT2D eigenvalue weighted by Crippen LogP contribution is -2.53. The molecule has 146 valence electrons. The van der Waals surface area contributed by atoms with E-state index in [0.717, 1.165) is 6.42 Å². The summed E-state index contributed by atoms with van der Waals surface area (Å²) in [6, 6.07) is 0.301. The number of nitrogens with one attached hydrogen (secondary N) is 1. The largest absolute Gasteiger partial charge is 0.465 e. The summed E-state index contributed by atoms with van der Waals surface area (Å²) in [7, 11) is 4.86. The number of hydrogen-bond acceptors (Lipinski definition) is 7. The second-order valence-electron chi connectivity index (χ2n) is 7.39. The van der Waals surface area contributed by atoms with Crippen molar-refractivity contribution in [2.75, 3.05) is 27.9 Å². The third kappa shape index (κ3) is 4.92. The standard InChI is InChI=1S/C18H33NO6/c1-10-6-13(16(20)11(2)19-10)9-25-18(21)12-7-14(22-3)17(24-5)15(8-12)23-4/h10-17,19-20H,6-9H2,1-5H3. The predicted molar refractivity (Wildman–Crippen MR) is 92.2 cm³/mol. The number of aliphatic hydroxyl groups excluding tert-OH is 1. The molecule has 1 aliphatic carbocycles. The normalized spacial score (nSPS) is 42.2. The molecule has 0 amide bonds. The van der Waals surface area contributed by atoms with Crippen LogP contribution in [-0.2, 0) is 23.7 Å². The van der Waals surface area contributed by atoms with Crippen molar-refractivity contribution >= 4 is 5.97 Å². The maximum atomic E-state index is 12.6. The maximum Gasteiger partial charge on any atom is 0.309 e. The maximum absolute atomic E-state index is 12.6. The van der Waals surface area contributed by atoms with Crippen LogP contribution in [0.15, 0.2) is 0 Å². The van der Waals surface area contributed by atoms with Gasteiger partial charge in [-0.05, 0) is 33.1 Å². The molecule has 1 heterocycles. The molecule has 0 spiro atoms. The van der Waals surface area contributed by atoms with Gasteiger partial charge >= 0.3 is 5.97 Å². The summed E-state index contributed by atoms with van der Waals surface area (Å²) in [5.74, 6) is -0.568. The third-order valence-corrected chi connectivity index (χ3v) is 5.62. The number of aliphatic hydroxyl groups is 1. The second-order valence-corrected chi connectivity index (χ2v) is 7.39.